The predicted molar refractivity (Wildman–Crippen MR) is 167 cm³/mol. The molecule has 4 atom stereocenters. The third kappa shape index (κ3) is 15.2. The molecule has 0 saturated heterocycles. The van der Waals surface area contributed by atoms with Gasteiger partial charge in [-0.15, -0.1) is 0 Å². The Hall–Kier alpha value is -1.62. The normalized spacial score (nSPS) is 15.5. The summed E-state index contributed by atoms with van der Waals surface area (Å²) in [6.45, 7) is 6.37. The number of unbranched alkanes of at least 4 members (excludes halogenated alkanes) is 13. The smallest absolute Gasteiger partial charge is 0.355 e. The molecule has 0 aliphatic heterocycles. The van der Waals surface area contributed by atoms with Crippen molar-refractivity contribution < 1.29 is 28.2 Å². The van der Waals surface area contributed by atoms with Crippen LogP contribution >= 0.6 is 7.60 Å². The fourth-order valence-corrected chi connectivity index (χ4v) is 6.07. The summed E-state index contributed by atoms with van der Waals surface area (Å²) in [5.41, 5.74) is 6.89. The number of fused-ring (bicyclic) bond motifs is 1. The molecule has 42 heavy (non-hydrogen) atoms. The molecule has 2 aromatic rings. The van der Waals surface area contributed by atoms with Gasteiger partial charge >= 0.3 is 7.60 Å². The molecule has 11 nitrogen and oxygen atoms in total. The largest absolute Gasteiger partial charge is 0.382 e. The number of methoxy groups -OCH3 is 1. The maximum atomic E-state index is 12.7. The van der Waals surface area contributed by atoms with Crippen molar-refractivity contribution in [3.05, 3.63) is 12.7 Å². The summed E-state index contributed by atoms with van der Waals surface area (Å²) in [4.78, 5) is 22.8. The fraction of sp³-hybridized carbons (Fsp3) is 0.833. The molecule has 0 aromatic carbocycles. The van der Waals surface area contributed by atoms with Crippen LogP contribution in [-0.4, -0.2) is 63.0 Å². The quantitative estimate of drug-likeness (QED) is 0.0634. The number of nitrogen functional groups attached to an aromatic ring is 1. The highest BCUT2D eigenvalue weighted by Crippen LogP contribution is 2.44. The van der Waals surface area contributed by atoms with Gasteiger partial charge in [-0.2, -0.15) is 0 Å². The number of rotatable bonds is 26. The lowest BCUT2D eigenvalue weighted by molar-refractivity contribution is -0.110. The molecule has 0 aliphatic rings. The van der Waals surface area contributed by atoms with Crippen LogP contribution in [0.1, 0.15) is 117 Å². The lowest BCUT2D eigenvalue weighted by Crippen LogP contribution is -2.26. The number of imidazole rings is 1. The minimum absolute atomic E-state index is 0.0663. The summed E-state index contributed by atoms with van der Waals surface area (Å²) in [6.07, 6.45) is 20.4. The molecule has 242 valence electrons. The average Bonchev–Trinajstić information content (AvgIpc) is 3.35. The first-order valence-corrected chi connectivity index (χ1v) is 17.7. The Kier molecular flexibility index (Phi) is 18.4. The molecule has 0 radical (unpaired) electrons. The zero-order chi connectivity index (χ0) is 30.6. The molecule has 3 unspecified atom stereocenters. The molecule has 2 heterocycles. The van der Waals surface area contributed by atoms with Gasteiger partial charge in [0.15, 0.2) is 17.8 Å². The molecule has 2 rings (SSSR count). The Morgan fingerprint density at radius 3 is 2.12 bits per heavy atom. The molecule has 0 fully saturated rings. The highest BCUT2D eigenvalue weighted by Gasteiger charge is 2.27. The molecule has 0 amide bonds. The lowest BCUT2D eigenvalue weighted by atomic mass is 10.0. The van der Waals surface area contributed by atoms with Gasteiger partial charge in [-0.05, 0) is 20.3 Å². The van der Waals surface area contributed by atoms with E-state index < -0.39 is 26.3 Å². The first-order valence-electron chi connectivity index (χ1n) is 15.9. The van der Waals surface area contributed by atoms with Crippen molar-refractivity contribution >= 4 is 24.6 Å². The highest BCUT2D eigenvalue weighted by atomic mass is 31.2. The Balaban J connectivity index is 1.57. The van der Waals surface area contributed by atoms with E-state index in [2.05, 4.69) is 21.9 Å². The zero-order valence-electron chi connectivity index (χ0n) is 26.4. The average molecular weight is 614 g/mol. The molecular weight excluding hydrogens is 557 g/mol. The van der Waals surface area contributed by atoms with Gasteiger partial charge < -0.3 is 29.4 Å². The summed E-state index contributed by atoms with van der Waals surface area (Å²) in [5.74, 6) is 0.281. The first kappa shape index (κ1) is 36.6. The number of nitrogens with zero attached hydrogens (tertiary/aromatic N) is 4. The van der Waals surface area contributed by atoms with E-state index >= 15 is 0 Å². The fourth-order valence-electron chi connectivity index (χ4n) is 5.10. The number of hydrogen-bond donors (Lipinski definition) is 2. The molecule has 2 aromatic heterocycles. The summed E-state index contributed by atoms with van der Waals surface area (Å²) >= 11 is 0. The van der Waals surface area contributed by atoms with E-state index in [4.69, 9.17) is 24.5 Å². The van der Waals surface area contributed by atoms with Crippen molar-refractivity contribution in [1.29, 1.82) is 0 Å². The molecule has 3 N–H and O–H groups in total. The van der Waals surface area contributed by atoms with Crippen molar-refractivity contribution in [2.75, 3.05) is 25.8 Å². The minimum atomic E-state index is -4.06. The second kappa shape index (κ2) is 21.1. The van der Waals surface area contributed by atoms with Crippen molar-refractivity contribution in [2.45, 2.75) is 142 Å². The maximum Gasteiger partial charge on any atom is 0.355 e. The van der Waals surface area contributed by atoms with Crippen LogP contribution in [0, 0.1) is 0 Å². The zero-order valence-corrected chi connectivity index (χ0v) is 27.3. The molecule has 0 spiro atoms. The van der Waals surface area contributed by atoms with E-state index in [1.54, 1.807) is 17.8 Å². The topological polar surface area (TPSA) is 144 Å². The molecule has 0 bridgehead atoms. The number of hydrogen-bond acceptors (Lipinski definition) is 9. The maximum absolute atomic E-state index is 12.7. The highest BCUT2D eigenvalue weighted by molar-refractivity contribution is 7.52. The predicted octanol–water partition coefficient (Wildman–Crippen LogP) is 7.22. The van der Waals surface area contributed by atoms with Crippen molar-refractivity contribution in [2.24, 2.45) is 0 Å². The summed E-state index contributed by atoms with van der Waals surface area (Å²) in [7, 11) is -2.53. The molecule has 0 saturated carbocycles. The molecular formula is C30H56N5O6P. The van der Waals surface area contributed by atoms with Crippen LogP contribution in [0.25, 0.3) is 11.2 Å². The Bertz CT molecular complexity index is 1030. The molecule has 12 heteroatoms. The van der Waals surface area contributed by atoms with Gasteiger partial charge in [-0.1, -0.05) is 96.8 Å². The number of nitrogens with two attached hydrogens (primary N) is 1. The van der Waals surface area contributed by atoms with E-state index in [9.17, 15) is 9.46 Å². The Morgan fingerprint density at radius 1 is 0.929 bits per heavy atom. The second-order valence-corrected chi connectivity index (χ2v) is 13.1. The van der Waals surface area contributed by atoms with Gasteiger partial charge in [0, 0.05) is 7.11 Å². The summed E-state index contributed by atoms with van der Waals surface area (Å²) in [6, 6.07) is 0. The van der Waals surface area contributed by atoms with Crippen LogP contribution in [0.3, 0.4) is 0 Å². The lowest BCUT2D eigenvalue weighted by Gasteiger charge is -2.24. The van der Waals surface area contributed by atoms with E-state index in [1.807, 2.05) is 6.92 Å². The van der Waals surface area contributed by atoms with Crippen LogP contribution in [0.15, 0.2) is 12.7 Å². The van der Waals surface area contributed by atoms with Gasteiger partial charge in [0.05, 0.1) is 31.7 Å². The third-order valence-corrected chi connectivity index (χ3v) is 8.46. The van der Waals surface area contributed by atoms with Gasteiger partial charge in [0.25, 0.3) is 0 Å². The number of anilines is 1. The minimum Gasteiger partial charge on any atom is -0.382 e. The Morgan fingerprint density at radius 2 is 1.52 bits per heavy atom. The van der Waals surface area contributed by atoms with Crippen molar-refractivity contribution in [3.63, 3.8) is 0 Å². The van der Waals surface area contributed by atoms with E-state index in [0.717, 1.165) is 12.8 Å². The first-order chi connectivity index (χ1) is 20.3. The van der Waals surface area contributed by atoms with Gasteiger partial charge in [0.2, 0.25) is 0 Å². The summed E-state index contributed by atoms with van der Waals surface area (Å²) in [5, 5.41) is 0. The SMILES string of the molecule is CCCCCCCCCCCCCCCCC(C)OC(C)OP(=O)(O)CO[C@@H](COC)Cn1cnc2c(N)ncnc21. The van der Waals surface area contributed by atoms with Gasteiger partial charge in [-0.25, -0.2) is 15.0 Å². The van der Waals surface area contributed by atoms with Crippen LogP contribution < -0.4 is 5.73 Å². The monoisotopic (exact) mass is 613 g/mol. The second-order valence-electron chi connectivity index (χ2n) is 11.3. The van der Waals surface area contributed by atoms with E-state index in [1.165, 1.54) is 96.9 Å². The third-order valence-electron chi connectivity index (χ3n) is 7.36. The van der Waals surface area contributed by atoms with Crippen LogP contribution in [0.5, 0.6) is 0 Å². The van der Waals surface area contributed by atoms with Crippen LogP contribution in [0.4, 0.5) is 5.82 Å². The Labute approximate surface area is 252 Å². The number of ether oxygens (including phenoxy) is 3. The van der Waals surface area contributed by atoms with Crippen molar-refractivity contribution in [1.82, 2.24) is 19.5 Å². The standard InChI is InChI=1S/C30H56N5O6P/c1-5-6-7-8-9-10-11-12-13-14-15-16-17-18-19-25(2)40-26(3)41-42(36,37)24-39-27(21-38-4)20-35-23-34-28-29(31)32-22-33-30(28)35/h22-23,25-27H,5-21,24H2,1-4H3,(H,36,37)(H2,31,32,33)/t25?,26?,27-/m1/s1. The van der Waals surface area contributed by atoms with Gasteiger partial charge in [0.1, 0.15) is 18.2 Å². The number of aromatic nitrogens is 4. The van der Waals surface area contributed by atoms with Gasteiger partial charge in [-0.3, -0.25) is 9.09 Å². The van der Waals surface area contributed by atoms with E-state index in [-0.39, 0.29) is 18.5 Å². The molecule has 0 aliphatic carbocycles. The van der Waals surface area contributed by atoms with Crippen molar-refractivity contribution in [3.8, 4) is 0 Å². The summed E-state index contributed by atoms with van der Waals surface area (Å²) < 4.78 is 36.6. The van der Waals surface area contributed by atoms with Crippen LogP contribution in [-0.2, 0) is 29.8 Å². The van der Waals surface area contributed by atoms with Crippen LogP contribution in [0.2, 0.25) is 0 Å². The van der Waals surface area contributed by atoms with E-state index in [0.29, 0.717) is 17.7 Å².